The van der Waals surface area contributed by atoms with E-state index in [0.29, 0.717) is 34.9 Å². The van der Waals surface area contributed by atoms with Gasteiger partial charge in [-0.05, 0) is 63.1 Å². The molecule has 3 rings (SSSR count). The van der Waals surface area contributed by atoms with Gasteiger partial charge in [0.05, 0.1) is 28.4 Å². The fourth-order valence-electron chi connectivity index (χ4n) is 5.23. The van der Waals surface area contributed by atoms with Crippen LogP contribution in [0.3, 0.4) is 0 Å². The monoisotopic (exact) mass is 612 g/mol. The summed E-state index contributed by atoms with van der Waals surface area (Å²) in [6, 6.07) is 11.0. The van der Waals surface area contributed by atoms with Gasteiger partial charge in [0.25, 0.3) is 11.5 Å². The number of benzene rings is 2. The van der Waals surface area contributed by atoms with Gasteiger partial charge in [0.1, 0.15) is 6.61 Å². The van der Waals surface area contributed by atoms with Crippen LogP contribution < -0.4 is 15.8 Å². The lowest BCUT2D eigenvalue weighted by atomic mass is 10.1. The molecule has 0 aliphatic rings. The molecule has 0 atom stereocenters. The number of nitrogens with zero attached hydrogens (tertiary/aromatic N) is 3. The van der Waals surface area contributed by atoms with E-state index in [4.69, 9.17) is 21.4 Å². The van der Waals surface area contributed by atoms with Gasteiger partial charge < -0.3 is 14.8 Å². The molecule has 43 heavy (non-hydrogen) atoms. The van der Waals surface area contributed by atoms with E-state index in [-0.39, 0.29) is 12.3 Å². The van der Waals surface area contributed by atoms with Crippen molar-refractivity contribution in [3.05, 3.63) is 63.0 Å². The summed E-state index contributed by atoms with van der Waals surface area (Å²) in [5.74, 6) is -0.612. The van der Waals surface area contributed by atoms with Crippen molar-refractivity contribution < 1.29 is 14.6 Å². The van der Waals surface area contributed by atoms with Crippen LogP contribution in [0.25, 0.3) is 11.0 Å². The highest BCUT2D eigenvalue weighted by Gasteiger charge is 2.19. The van der Waals surface area contributed by atoms with Crippen molar-refractivity contribution in [3.63, 3.8) is 0 Å². The van der Waals surface area contributed by atoms with Crippen LogP contribution in [0.1, 0.15) is 108 Å². The highest BCUT2D eigenvalue weighted by Crippen LogP contribution is 2.25. The molecule has 8 nitrogen and oxygen atoms in total. The largest absolute Gasteiger partial charge is 0.372 e. The van der Waals surface area contributed by atoms with Crippen molar-refractivity contribution in [2.45, 2.75) is 105 Å². The maximum Gasteiger partial charge on any atom is 0.282 e. The van der Waals surface area contributed by atoms with Crippen molar-refractivity contribution in [2.24, 2.45) is 0 Å². The smallest absolute Gasteiger partial charge is 0.282 e. The number of carbonyl (C=O) groups is 1. The molecule has 0 aliphatic heterocycles. The van der Waals surface area contributed by atoms with Crippen LogP contribution in [0.4, 0.5) is 11.4 Å². The van der Waals surface area contributed by atoms with E-state index in [2.05, 4.69) is 36.0 Å². The molecule has 0 spiro atoms. The number of aryl methyl sites for hydroxylation is 1. The summed E-state index contributed by atoms with van der Waals surface area (Å²) in [5, 5.41) is 3.12. The molecule has 2 aromatic carbocycles. The van der Waals surface area contributed by atoms with Gasteiger partial charge in [0.2, 0.25) is 0 Å². The summed E-state index contributed by atoms with van der Waals surface area (Å²) in [7, 11) is 0. The van der Waals surface area contributed by atoms with Crippen molar-refractivity contribution >= 4 is 39.9 Å². The van der Waals surface area contributed by atoms with E-state index in [0.717, 1.165) is 37.2 Å². The van der Waals surface area contributed by atoms with E-state index in [1.54, 1.807) is 16.7 Å². The third-order valence-electron chi connectivity index (χ3n) is 7.76. The van der Waals surface area contributed by atoms with Gasteiger partial charge in [-0.3, -0.25) is 9.59 Å². The number of unbranched alkanes of at least 4 members (excludes halogenated alkanes) is 9. The quantitative estimate of drug-likeness (QED) is 0.0781. The number of anilines is 2. The Bertz CT molecular complexity index is 1360. The standard InChI is InChI=1S/C34H49ClN4O4/c1-5-9-10-11-12-13-14-15-16-17-22-42-43-25-26-18-20-28(35)30(23-26)37-33(40)32-34(41)39(8-4)31-24-27(38(6-2)7-3)19-21-29(31)36-32/h18-21,23-24H,5-17,22,25H2,1-4H3,(H,37,40). The van der Waals surface area contributed by atoms with Gasteiger partial charge >= 0.3 is 0 Å². The molecule has 0 unspecified atom stereocenters. The third-order valence-corrected chi connectivity index (χ3v) is 8.09. The molecular weight excluding hydrogens is 564 g/mol. The summed E-state index contributed by atoms with van der Waals surface area (Å²) in [6.45, 7) is 11.2. The first-order chi connectivity index (χ1) is 20.9. The maximum absolute atomic E-state index is 13.3. The molecule has 0 saturated carbocycles. The van der Waals surface area contributed by atoms with Gasteiger partial charge in [-0.25, -0.2) is 14.8 Å². The fraction of sp³-hybridized carbons (Fsp3) is 0.559. The normalized spacial score (nSPS) is 11.3. The van der Waals surface area contributed by atoms with Crippen molar-refractivity contribution in [3.8, 4) is 0 Å². The SMILES string of the molecule is CCCCCCCCCCCCOOCc1ccc(Cl)c(NC(=O)c2nc3ccc(N(CC)CC)cc3n(CC)c2=O)c1. The second-order valence-electron chi connectivity index (χ2n) is 10.9. The molecular formula is C34H49ClN4O4. The van der Waals surface area contributed by atoms with Crippen LogP contribution in [0, 0.1) is 0 Å². The van der Waals surface area contributed by atoms with Crippen LogP contribution in [-0.2, 0) is 22.9 Å². The number of hydrogen-bond acceptors (Lipinski definition) is 6. The summed E-state index contributed by atoms with van der Waals surface area (Å²) >= 11 is 6.39. The minimum absolute atomic E-state index is 0.178. The number of amides is 1. The molecule has 1 aromatic heterocycles. The van der Waals surface area contributed by atoms with Gasteiger partial charge in [0.15, 0.2) is 5.69 Å². The Hall–Kier alpha value is -2.94. The molecule has 1 heterocycles. The number of fused-ring (bicyclic) bond motifs is 1. The highest BCUT2D eigenvalue weighted by molar-refractivity contribution is 6.33. The number of carbonyl (C=O) groups excluding carboxylic acids is 1. The van der Waals surface area contributed by atoms with Crippen molar-refractivity contribution in [1.29, 1.82) is 0 Å². The van der Waals surface area contributed by atoms with Crippen LogP contribution in [0.2, 0.25) is 5.02 Å². The zero-order valence-electron chi connectivity index (χ0n) is 26.4. The predicted octanol–water partition coefficient (Wildman–Crippen LogP) is 8.54. The highest BCUT2D eigenvalue weighted by atomic mass is 35.5. The van der Waals surface area contributed by atoms with E-state index in [9.17, 15) is 9.59 Å². The first-order valence-corrected chi connectivity index (χ1v) is 16.4. The van der Waals surface area contributed by atoms with Crippen LogP contribution in [0.15, 0.2) is 41.2 Å². The summed E-state index contributed by atoms with van der Waals surface area (Å²) in [4.78, 5) is 44.0. The molecule has 1 amide bonds. The molecule has 0 aliphatic carbocycles. The minimum atomic E-state index is -0.612. The molecule has 0 bridgehead atoms. The van der Waals surface area contributed by atoms with E-state index in [1.807, 2.05) is 31.2 Å². The van der Waals surface area contributed by atoms with Crippen LogP contribution >= 0.6 is 11.6 Å². The minimum Gasteiger partial charge on any atom is -0.372 e. The number of halogens is 1. The van der Waals surface area contributed by atoms with E-state index >= 15 is 0 Å². The van der Waals surface area contributed by atoms with Crippen molar-refractivity contribution in [2.75, 3.05) is 29.9 Å². The predicted molar refractivity (Wildman–Crippen MR) is 177 cm³/mol. The number of nitrogens with one attached hydrogen (secondary N) is 1. The molecule has 236 valence electrons. The Morgan fingerprint density at radius 1 is 0.884 bits per heavy atom. The van der Waals surface area contributed by atoms with Gasteiger partial charge in [-0.15, -0.1) is 0 Å². The lowest BCUT2D eigenvalue weighted by Crippen LogP contribution is -2.31. The molecule has 0 saturated heterocycles. The van der Waals surface area contributed by atoms with Gasteiger partial charge in [-0.2, -0.15) is 0 Å². The Balaban J connectivity index is 1.53. The Kier molecular flexibility index (Phi) is 15.0. The fourth-order valence-corrected chi connectivity index (χ4v) is 5.40. The number of rotatable bonds is 20. The zero-order valence-corrected chi connectivity index (χ0v) is 27.2. The maximum atomic E-state index is 13.3. The summed E-state index contributed by atoms with van der Waals surface area (Å²) < 4.78 is 1.59. The zero-order chi connectivity index (χ0) is 31.0. The van der Waals surface area contributed by atoms with E-state index < -0.39 is 11.5 Å². The summed E-state index contributed by atoms with van der Waals surface area (Å²) in [5.41, 5.74) is 2.82. The first-order valence-electron chi connectivity index (χ1n) is 16.1. The average molecular weight is 613 g/mol. The second kappa shape index (κ2) is 18.7. The van der Waals surface area contributed by atoms with Gasteiger partial charge in [-0.1, -0.05) is 82.4 Å². The van der Waals surface area contributed by atoms with E-state index in [1.165, 1.54) is 51.4 Å². The molecule has 3 aromatic rings. The summed E-state index contributed by atoms with van der Waals surface area (Å²) in [6.07, 6.45) is 12.6. The molecule has 0 fully saturated rings. The Labute approximate surface area is 261 Å². The molecule has 9 heteroatoms. The lowest BCUT2D eigenvalue weighted by molar-refractivity contribution is -0.304. The first kappa shape index (κ1) is 34.5. The van der Waals surface area contributed by atoms with Crippen LogP contribution in [-0.4, -0.2) is 35.2 Å². The topological polar surface area (TPSA) is 85.7 Å². The lowest BCUT2D eigenvalue weighted by Gasteiger charge is -2.22. The average Bonchev–Trinajstić information content (AvgIpc) is 3.01. The molecule has 1 N–H and O–H groups in total. The number of aromatic nitrogens is 2. The Morgan fingerprint density at radius 2 is 1.56 bits per heavy atom. The van der Waals surface area contributed by atoms with Crippen LogP contribution in [0.5, 0.6) is 0 Å². The van der Waals surface area contributed by atoms with Gasteiger partial charge in [0, 0.05) is 25.3 Å². The molecule has 0 radical (unpaired) electrons. The second-order valence-corrected chi connectivity index (χ2v) is 11.3. The third kappa shape index (κ3) is 10.3. The Morgan fingerprint density at radius 3 is 2.21 bits per heavy atom. The number of hydrogen-bond donors (Lipinski definition) is 1. The van der Waals surface area contributed by atoms with Crippen molar-refractivity contribution in [1.82, 2.24) is 9.55 Å².